The van der Waals surface area contributed by atoms with E-state index in [4.69, 9.17) is 4.42 Å². The third-order valence-corrected chi connectivity index (χ3v) is 5.05. The van der Waals surface area contributed by atoms with Gasteiger partial charge in [-0.3, -0.25) is 14.6 Å². The van der Waals surface area contributed by atoms with E-state index in [9.17, 15) is 22.8 Å². The second-order valence-corrected chi connectivity index (χ2v) is 7.53. The van der Waals surface area contributed by atoms with Crippen LogP contribution in [0.3, 0.4) is 0 Å². The minimum atomic E-state index is -4.47. The number of nitrogens with one attached hydrogen (secondary N) is 2. The van der Waals surface area contributed by atoms with Gasteiger partial charge in [0.2, 0.25) is 5.89 Å². The summed E-state index contributed by atoms with van der Waals surface area (Å²) in [5, 5.41) is 5.39. The molecule has 2 amide bonds. The maximum Gasteiger partial charge on any atom is 0.416 e. The predicted molar refractivity (Wildman–Crippen MR) is 121 cm³/mol. The van der Waals surface area contributed by atoms with Crippen LogP contribution in [0.1, 0.15) is 37.9 Å². The molecular weight excluding hydrogens is 461 g/mol. The molecule has 10 heteroatoms. The first-order chi connectivity index (χ1) is 16.7. The molecule has 0 aliphatic carbocycles. The molecule has 0 saturated carbocycles. The van der Waals surface area contributed by atoms with Crippen LogP contribution in [0, 0.1) is 6.92 Å². The van der Waals surface area contributed by atoms with Crippen LogP contribution in [0.2, 0.25) is 0 Å². The summed E-state index contributed by atoms with van der Waals surface area (Å²) in [5.74, 6) is -0.147. The summed E-state index contributed by atoms with van der Waals surface area (Å²) < 4.78 is 43.8. The molecule has 0 aliphatic heterocycles. The second-order valence-electron chi connectivity index (χ2n) is 7.53. The van der Waals surface area contributed by atoms with Gasteiger partial charge in [0.15, 0.2) is 0 Å². The van der Waals surface area contributed by atoms with E-state index < -0.39 is 17.6 Å². The Morgan fingerprint density at radius 1 is 0.971 bits per heavy atom. The highest BCUT2D eigenvalue weighted by Crippen LogP contribution is 2.29. The number of nitrogens with zero attached hydrogens (tertiary/aromatic N) is 2. The number of aryl methyl sites for hydroxylation is 1. The molecule has 2 N–H and O–H groups in total. The van der Waals surface area contributed by atoms with Crippen LogP contribution in [0.25, 0.3) is 11.5 Å². The number of hydrogen-bond acceptors (Lipinski definition) is 5. The lowest BCUT2D eigenvalue weighted by Crippen LogP contribution is -2.23. The van der Waals surface area contributed by atoms with Crippen LogP contribution in [-0.4, -0.2) is 21.8 Å². The Morgan fingerprint density at radius 3 is 2.43 bits per heavy atom. The number of aromatic nitrogens is 2. The first kappa shape index (κ1) is 23.7. The summed E-state index contributed by atoms with van der Waals surface area (Å²) in [7, 11) is 0. The largest absolute Gasteiger partial charge is 0.441 e. The summed E-state index contributed by atoms with van der Waals surface area (Å²) in [5.41, 5.74) is 1.12. The number of rotatable bonds is 6. The van der Waals surface area contributed by atoms with Crippen LogP contribution < -0.4 is 10.6 Å². The summed E-state index contributed by atoms with van der Waals surface area (Å²) in [6, 6.07) is 15.9. The Hall–Kier alpha value is -4.47. The maximum atomic E-state index is 12.7. The molecular formula is C25H19F3N4O3. The van der Waals surface area contributed by atoms with Gasteiger partial charge < -0.3 is 15.1 Å². The van der Waals surface area contributed by atoms with Gasteiger partial charge in [-0.25, -0.2) is 4.98 Å². The van der Waals surface area contributed by atoms with Crippen molar-refractivity contribution in [3.63, 3.8) is 0 Å². The lowest BCUT2D eigenvalue weighted by atomic mass is 10.1. The van der Waals surface area contributed by atoms with E-state index in [-0.39, 0.29) is 29.6 Å². The molecule has 178 valence electrons. The molecule has 2 aromatic heterocycles. The van der Waals surface area contributed by atoms with E-state index in [0.29, 0.717) is 22.7 Å². The van der Waals surface area contributed by atoms with Gasteiger partial charge in [0.1, 0.15) is 17.1 Å². The number of anilines is 1. The molecule has 4 rings (SSSR count). The molecule has 2 aromatic carbocycles. The molecule has 0 saturated heterocycles. The highest BCUT2D eigenvalue weighted by atomic mass is 19.4. The van der Waals surface area contributed by atoms with Gasteiger partial charge in [0.05, 0.1) is 12.1 Å². The fourth-order valence-electron chi connectivity index (χ4n) is 3.21. The maximum absolute atomic E-state index is 12.7. The Bertz CT molecular complexity index is 1350. The Morgan fingerprint density at radius 2 is 1.74 bits per heavy atom. The Balaban J connectivity index is 1.42. The SMILES string of the molecule is Cc1oc(-c2cccc(NC(=O)c3ccccn3)c2)nc1CNC(=O)c1ccc(C(F)(F)F)cc1. The van der Waals surface area contributed by atoms with Crippen molar-refractivity contribution < 1.29 is 27.2 Å². The molecule has 0 radical (unpaired) electrons. The Labute approximate surface area is 198 Å². The molecule has 0 spiro atoms. The number of carbonyl (C=O) groups excluding carboxylic acids is 2. The summed E-state index contributed by atoms with van der Waals surface area (Å²) >= 11 is 0. The van der Waals surface area contributed by atoms with Crippen molar-refractivity contribution >= 4 is 17.5 Å². The van der Waals surface area contributed by atoms with Crippen LogP contribution in [0.15, 0.2) is 77.3 Å². The van der Waals surface area contributed by atoms with E-state index >= 15 is 0 Å². The number of alkyl halides is 3. The molecule has 0 bridgehead atoms. The van der Waals surface area contributed by atoms with E-state index in [2.05, 4.69) is 20.6 Å². The average molecular weight is 480 g/mol. The van der Waals surface area contributed by atoms with Crippen LogP contribution in [0.5, 0.6) is 0 Å². The van der Waals surface area contributed by atoms with E-state index in [1.807, 2.05) is 0 Å². The third kappa shape index (κ3) is 5.72. The minimum Gasteiger partial charge on any atom is -0.441 e. The smallest absolute Gasteiger partial charge is 0.416 e. The number of amides is 2. The van der Waals surface area contributed by atoms with Gasteiger partial charge in [0.25, 0.3) is 11.8 Å². The van der Waals surface area contributed by atoms with E-state index in [1.54, 1.807) is 49.4 Å². The number of carbonyl (C=O) groups is 2. The molecule has 0 aliphatic rings. The molecule has 0 fully saturated rings. The first-order valence-electron chi connectivity index (χ1n) is 10.5. The van der Waals surface area contributed by atoms with Gasteiger partial charge >= 0.3 is 6.18 Å². The third-order valence-electron chi connectivity index (χ3n) is 5.05. The molecule has 4 aromatic rings. The van der Waals surface area contributed by atoms with Gasteiger partial charge in [0, 0.05) is 23.0 Å². The average Bonchev–Trinajstić information content (AvgIpc) is 3.23. The quantitative estimate of drug-likeness (QED) is 0.393. The number of benzene rings is 2. The van der Waals surface area contributed by atoms with Crippen molar-refractivity contribution in [1.29, 1.82) is 0 Å². The minimum absolute atomic E-state index is 0.0191. The van der Waals surface area contributed by atoms with Gasteiger partial charge in [-0.1, -0.05) is 12.1 Å². The fraction of sp³-hybridized carbons (Fsp3) is 0.120. The molecule has 35 heavy (non-hydrogen) atoms. The molecule has 7 nitrogen and oxygen atoms in total. The van der Waals surface area contributed by atoms with Crippen molar-refractivity contribution in [2.75, 3.05) is 5.32 Å². The van der Waals surface area contributed by atoms with Crippen molar-refractivity contribution in [2.45, 2.75) is 19.6 Å². The molecule has 0 atom stereocenters. The summed E-state index contributed by atoms with van der Waals surface area (Å²) in [6.07, 6.45) is -2.94. The zero-order valence-corrected chi connectivity index (χ0v) is 18.4. The standard InChI is InChI=1S/C25H19F3N4O3/c1-15-21(14-30-22(33)16-8-10-18(11-9-16)25(26,27)28)32-24(35-15)17-5-4-6-19(13-17)31-23(34)20-7-2-3-12-29-20/h2-13H,14H2,1H3,(H,30,33)(H,31,34). The monoisotopic (exact) mass is 480 g/mol. The number of halogens is 3. The first-order valence-corrected chi connectivity index (χ1v) is 10.5. The topological polar surface area (TPSA) is 97.1 Å². The zero-order chi connectivity index (χ0) is 25.0. The fourth-order valence-corrected chi connectivity index (χ4v) is 3.21. The number of oxazole rings is 1. The van der Waals surface area contributed by atoms with Crippen molar-refractivity contribution in [1.82, 2.24) is 15.3 Å². The summed E-state index contributed by atoms with van der Waals surface area (Å²) in [4.78, 5) is 33.1. The highest BCUT2D eigenvalue weighted by Gasteiger charge is 2.30. The zero-order valence-electron chi connectivity index (χ0n) is 18.4. The molecule has 2 heterocycles. The van der Waals surface area contributed by atoms with Crippen LogP contribution in [0.4, 0.5) is 18.9 Å². The number of hydrogen-bond donors (Lipinski definition) is 2. The van der Waals surface area contributed by atoms with E-state index in [1.165, 1.54) is 6.20 Å². The second kappa shape index (κ2) is 9.80. The lowest BCUT2D eigenvalue weighted by molar-refractivity contribution is -0.137. The van der Waals surface area contributed by atoms with Crippen molar-refractivity contribution in [3.05, 3.63) is 101 Å². The van der Waals surface area contributed by atoms with E-state index in [0.717, 1.165) is 24.3 Å². The Kier molecular flexibility index (Phi) is 6.63. The normalized spacial score (nSPS) is 11.2. The lowest BCUT2D eigenvalue weighted by Gasteiger charge is -2.08. The van der Waals surface area contributed by atoms with Crippen molar-refractivity contribution in [3.8, 4) is 11.5 Å². The van der Waals surface area contributed by atoms with Crippen LogP contribution in [-0.2, 0) is 12.7 Å². The van der Waals surface area contributed by atoms with Gasteiger partial charge in [-0.15, -0.1) is 0 Å². The van der Waals surface area contributed by atoms with Crippen molar-refractivity contribution in [2.24, 2.45) is 0 Å². The van der Waals surface area contributed by atoms with Crippen LogP contribution >= 0.6 is 0 Å². The highest BCUT2D eigenvalue weighted by molar-refractivity contribution is 6.03. The molecule has 0 unspecified atom stereocenters. The predicted octanol–water partition coefficient (Wildman–Crippen LogP) is 5.25. The van der Waals surface area contributed by atoms with Gasteiger partial charge in [-0.05, 0) is 61.5 Å². The number of pyridine rings is 1. The van der Waals surface area contributed by atoms with Gasteiger partial charge in [-0.2, -0.15) is 13.2 Å². The summed E-state index contributed by atoms with van der Waals surface area (Å²) in [6.45, 7) is 1.70.